The van der Waals surface area contributed by atoms with Crippen LogP contribution in [0.2, 0.25) is 5.02 Å². The second-order valence-electron chi connectivity index (χ2n) is 4.87. The molecule has 0 aromatic heterocycles. The number of hydrogen-bond acceptors (Lipinski definition) is 2. The summed E-state index contributed by atoms with van der Waals surface area (Å²) in [7, 11) is 0. The normalized spacial score (nSPS) is 18.9. The van der Waals surface area contributed by atoms with E-state index in [1.807, 2.05) is 12.1 Å². The Balaban J connectivity index is 2.23. The van der Waals surface area contributed by atoms with Gasteiger partial charge in [0.1, 0.15) is 6.07 Å². The quantitative estimate of drug-likeness (QED) is 0.786. The largest absolute Gasteiger partial charge is 0.294 e. The van der Waals surface area contributed by atoms with Crippen LogP contribution in [0.4, 0.5) is 0 Å². The topological polar surface area (TPSA) is 27.0 Å². The standard InChI is InChI=1S/C13H15ClN2/c1-13(2)6-7-16(13)9-10-4-3-5-12(14)11(10)8-15/h3-5H,6-7,9H2,1-2H3. The molecule has 1 aliphatic rings. The average molecular weight is 235 g/mol. The lowest BCUT2D eigenvalue weighted by atomic mass is 9.88. The maximum Gasteiger partial charge on any atom is 0.101 e. The van der Waals surface area contributed by atoms with E-state index >= 15 is 0 Å². The Morgan fingerprint density at radius 1 is 1.50 bits per heavy atom. The Hall–Kier alpha value is -1.04. The number of benzene rings is 1. The van der Waals surface area contributed by atoms with E-state index in [1.54, 1.807) is 6.07 Å². The van der Waals surface area contributed by atoms with Gasteiger partial charge in [-0.05, 0) is 31.9 Å². The molecule has 0 atom stereocenters. The zero-order chi connectivity index (χ0) is 11.8. The molecule has 0 unspecified atom stereocenters. The minimum Gasteiger partial charge on any atom is -0.294 e. The van der Waals surface area contributed by atoms with Gasteiger partial charge in [0.25, 0.3) is 0 Å². The van der Waals surface area contributed by atoms with Crippen LogP contribution in [0, 0.1) is 11.3 Å². The fourth-order valence-electron chi connectivity index (χ4n) is 2.04. The van der Waals surface area contributed by atoms with Crippen LogP contribution in [0.1, 0.15) is 31.4 Å². The van der Waals surface area contributed by atoms with E-state index < -0.39 is 0 Å². The van der Waals surface area contributed by atoms with Crippen molar-refractivity contribution in [1.82, 2.24) is 4.90 Å². The maximum atomic E-state index is 9.08. The first kappa shape index (κ1) is 11.4. The molecular formula is C13H15ClN2. The van der Waals surface area contributed by atoms with Gasteiger partial charge in [-0.15, -0.1) is 0 Å². The van der Waals surface area contributed by atoms with Crippen molar-refractivity contribution in [2.45, 2.75) is 32.4 Å². The lowest BCUT2D eigenvalue weighted by Gasteiger charge is -2.48. The van der Waals surface area contributed by atoms with Crippen LogP contribution in [0.5, 0.6) is 0 Å². The van der Waals surface area contributed by atoms with Crippen LogP contribution >= 0.6 is 11.6 Å². The van der Waals surface area contributed by atoms with Crippen molar-refractivity contribution >= 4 is 11.6 Å². The second kappa shape index (κ2) is 4.08. The van der Waals surface area contributed by atoms with Gasteiger partial charge in [0.15, 0.2) is 0 Å². The third kappa shape index (κ3) is 1.93. The molecule has 0 radical (unpaired) electrons. The summed E-state index contributed by atoms with van der Waals surface area (Å²) in [4.78, 5) is 2.37. The molecule has 0 saturated carbocycles. The van der Waals surface area contributed by atoms with Crippen molar-refractivity contribution in [3.8, 4) is 6.07 Å². The summed E-state index contributed by atoms with van der Waals surface area (Å²) in [5, 5.41) is 9.63. The fourth-order valence-corrected chi connectivity index (χ4v) is 2.28. The molecule has 1 aromatic carbocycles. The molecule has 0 aliphatic carbocycles. The molecule has 0 spiro atoms. The molecule has 16 heavy (non-hydrogen) atoms. The molecule has 2 nitrogen and oxygen atoms in total. The van der Waals surface area contributed by atoms with Crippen LogP contribution in [0.15, 0.2) is 18.2 Å². The van der Waals surface area contributed by atoms with E-state index in [1.165, 1.54) is 6.42 Å². The van der Waals surface area contributed by atoms with Crippen LogP contribution in [0.25, 0.3) is 0 Å². The van der Waals surface area contributed by atoms with Gasteiger partial charge < -0.3 is 0 Å². The molecule has 1 saturated heterocycles. The average Bonchev–Trinajstić information content (AvgIpc) is 2.24. The highest BCUT2D eigenvalue weighted by atomic mass is 35.5. The lowest BCUT2D eigenvalue weighted by Crippen LogP contribution is -2.54. The van der Waals surface area contributed by atoms with Crippen molar-refractivity contribution in [2.24, 2.45) is 0 Å². The smallest absolute Gasteiger partial charge is 0.101 e. The predicted molar refractivity (Wildman–Crippen MR) is 65.3 cm³/mol. The van der Waals surface area contributed by atoms with E-state index in [9.17, 15) is 0 Å². The predicted octanol–water partition coefficient (Wildman–Crippen LogP) is 3.20. The number of halogens is 1. The number of nitriles is 1. The third-order valence-electron chi connectivity index (χ3n) is 3.42. The molecule has 1 aliphatic heterocycles. The summed E-state index contributed by atoms with van der Waals surface area (Å²) in [6.45, 7) is 6.38. The molecule has 1 heterocycles. The molecule has 0 amide bonds. The number of nitrogens with zero attached hydrogens (tertiary/aromatic N) is 2. The summed E-state index contributed by atoms with van der Waals surface area (Å²) >= 11 is 6.00. The first-order valence-corrected chi connectivity index (χ1v) is 5.85. The number of rotatable bonds is 2. The highest BCUT2D eigenvalue weighted by molar-refractivity contribution is 6.31. The molecule has 1 aromatic rings. The van der Waals surface area contributed by atoms with Crippen LogP contribution in [0.3, 0.4) is 0 Å². The number of hydrogen-bond donors (Lipinski definition) is 0. The molecule has 1 fully saturated rings. The summed E-state index contributed by atoms with van der Waals surface area (Å²) in [5.74, 6) is 0. The Morgan fingerprint density at radius 2 is 2.25 bits per heavy atom. The molecule has 84 valence electrons. The molecule has 3 heteroatoms. The van der Waals surface area contributed by atoms with Crippen molar-refractivity contribution in [3.05, 3.63) is 34.3 Å². The summed E-state index contributed by atoms with van der Waals surface area (Å²) in [5.41, 5.74) is 1.91. The van der Waals surface area contributed by atoms with E-state index in [-0.39, 0.29) is 5.54 Å². The molecule has 2 rings (SSSR count). The SMILES string of the molecule is CC1(C)CCN1Cc1cccc(Cl)c1C#N. The highest BCUT2D eigenvalue weighted by Gasteiger charge is 2.35. The number of likely N-dealkylation sites (tertiary alicyclic amines) is 1. The summed E-state index contributed by atoms with van der Waals surface area (Å²) in [6, 6.07) is 7.85. The zero-order valence-corrected chi connectivity index (χ0v) is 10.4. The van der Waals surface area contributed by atoms with Gasteiger partial charge in [0, 0.05) is 18.6 Å². The summed E-state index contributed by atoms with van der Waals surface area (Å²) < 4.78 is 0. The third-order valence-corrected chi connectivity index (χ3v) is 3.74. The first-order chi connectivity index (χ1) is 7.54. The summed E-state index contributed by atoms with van der Waals surface area (Å²) in [6.07, 6.45) is 1.22. The zero-order valence-electron chi connectivity index (χ0n) is 9.63. The Morgan fingerprint density at radius 3 is 2.75 bits per heavy atom. The van der Waals surface area contributed by atoms with Crippen LogP contribution < -0.4 is 0 Å². The van der Waals surface area contributed by atoms with Gasteiger partial charge in [0.2, 0.25) is 0 Å². The minimum atomic E-state index is 0.259. The second-order valence-corrected chi connectivity index (χ2v) is 5.28. The highest BCUT2D eigenvalue weighted by Crippen LogP contribution is 2.32. The molecule has 0 N–H and O–H groups in total. The van der Waals surface area contributed by atoms with Gasteiger partial charge in [-0.1, -0.05) is 23.7 Å². The maximum absolute atomic E-state index is 9.08. The molecular weight excluding hydrogens is 220 g/mol. The monoisotopic (exact) mass is 234 g/mol. The van der Waals surface area contributed by atoms with Crippen LogP contribution in [-0.2, 0) is 6.54 Å². The van der Waals surface area contributed by atoms with Crippen LogP contribution in [-0.4, -0.2) is 17.0 Å². The molecule has 0 bridgehead atoms. The van der Waals surface area contributed by atoms with Crippen molar-refractivity contribution in [1.29, 1.82) is 5.26 Å². The Kier molecular flexibility index (Phi) is 2.92. The van der Waals surface area contributed by atoms with Crippen molar-refractivity contribution in [2.75, 3.05) is 6.54 Å². The van der Waals surface area contributed by atoms with E-state index in [2.05, 4.69) is 24.8 Å². The van der Waals surface area contributed by atoms with E-state index in [0.717, 1.165) is 18.7 Å². The minimum absolute atomic E-state index is 0.259. The fraction of sp³-hybridized carbons (Fsp3) is 0.462. The van der Waals surface area contributed by atoms with Crippen molar-refractivity contribution < 1.29 is 0 Å². The lowest BCUT2D eigenvalue weighted by molar-refractivity contribution is 0.00788. The Bertz CT molecular complexity index is 446. The van der Waals surface area contributed by atoms with Gasteiger partial charge >= 0.3 is 0 Å². The van der Waals surface area contributed by atoms with Crippen molar-refractivity contribution in [3.63, 3.8) is 0 Å². The van der Waals surface area contributed by atoms with E-state index in [4.69, 9.17) is 16.9 Å². The van der Waals surface area contributed by atoms with Gasteiger partial charge in [0.05, 0.1) is 10.6 Å². The van der Waals surface area contributed by atoms with E-state index in [0.29, 0.717) is 10.6 Å². The van der Waals surface area contributed by atoms with Gasteiger partial charge in [-0.25, -0.2) is 0 Å². The Labute approximate surface area is 101 Å². The van der Waals surface area contributed by atoms with Gasteiger partial charge in [-0.2, -0.15) is 5.26 Å². The van der Waals surface area contributed by atoms with Gasteiger partial charge in [-0.3, -0.25) is 4.90 Å². The first-order valence-electron chi connectivity index (χ1n) is 5.47.